The highest BCUT2D eigenvalue weighted by Gasteiger charge is 2.21. The second-order valence-corrected chi connectivity index (χ2v) is 8.87. The highest BCUT2D eigenvalue weighted by molar-refractivity contribution is 7.85. The highest BCUT2D eigenvalue weighted by Crippen LogP contribution is 2.17. The molecule has 1 atom stereocenters. The van der Waals surface area contributed by atoms with Gasteiger partial charge in [-0.1, -0.05) is 37.1 Å². The van der Waals surface area contributed by atoms with E-state index in [1.165, 1.54) is 14.2 Å². The molecule has 0 aliphatic heterocycles. The van der Waals surface area contributed by atoms with Gasteiger partial charge in [-0.15, -0.1) is 0 Å². The first-order valence-electron chi connectivity index (χ1n) is 10.4. The van der Waals surface area contributed by atoms with E-state index in [-0.39, 0.29) is 25.6 Å². The number of ether oxygens (including phenoxy) is 3. The van der Waals surface area contributed by atoms with Gasteiger partial charge in [-0.05, 0) is 36.8 Å². The zero-order valence-electron chi connectivity index (χ0n) is 18.6. The van der Waals surface area contributed by atoms with Crippen LogP contribution in [0.25, 0.3) is 0 Å². The maximum atomic E-state index is 12.1. The third-order valence-corrected chi connectivity index (χ3v) is 5.29. The summed E-state index contributed by atoms with van der Waals surface area (Å²) in [5.41, 5.74) is 2.16. The van der Waals surface area contributed by atoms with Gasteiger partial charge >= 0.3 is 11.9 Å². The third kappa shape index (κ3) is 12.5. The average Bonchev–Trinajstić information content (AvgIpc) is 2.74. The fourth-order valence-electron chi connectivity index (χ4n) is 3.07. The average molecular weight is 459 g/mol. The minimum Gasteiger partial charge on any atom is -0.469 e. The zero-order valence-corrected chi connectivity index (χ0v) is 19.4. The number of hydrogen-bond acceptors (Lipinski definition) is 8. The number of benzene rings is 1. The van der Waals surface area contributed by atoms with E-state index >= 15 is 0 Å². The van der Waals surface area contributed by atoms with Crippen LogP contribution in [0.1, 0.15) is 49.7 Å². The summed E-state index contributed by atoms with van der Waals surface area (Å²) in [7, 11) is -0.713. The first-order valence-corrected chi connectivity index (χ1v) is 12.3. The van der Waals surface area contributed by atoms with Crippen molar-refractivity contribution in [3.8, 4) is 0 Å². The summed E-state index contributed by atoms with van der Waals surface area (Å²) in [5.74, 6) is -0.759. The Morgan fingerprint density at radius 2 is 1.58 bits per heavy atom. The third-order valence-electron chi connectivity index (χ3n) is 4.70. The van der Waals surface area contributed by atoms with Crippen LogP contribution >= 0.6 is 0 Å². The predicted molar refractivity (Wildman–Crippen MR) is 116 cm³/mol. The molecular weight excluding hydrogens is 424 g/mol. The van der Waals surface area contributed by atoms with Crippen molar-refractivity contribution < 1.29 is 36.4 Å². The van der Waals surface area contributed by atoms with Gasteiger partial charge in [-0.3, -0.25) is 8.98 Å². The normalized spacial score (nSPS) is 12.4. The fourth-order valence-corrected chi connectivity index (χ4v) is 3.49. The molecule has 0 bridgehead atoms. The largest absolute Gasteiger partial charge is 0.469 e. The molecule has 31 heavy (non-hydrogen) atoms. The van der Waals surface area contributed by atoms with Crippen LogP contribution in [-0.2, 0) is 50.9 Å². The summed E-state index contributed by atoms with van der Waals surface area (Å²) in [6.07, 6.45) is 5.71. The first kappa shape index (κ1) is 27.1. The number of carbonyl (C=O) groups is 2. The molecule has 9 heteroatoms. The van der Waals surface area contributed by atoms with Crippen LogP contribution in [0, 0.1) is 0 Å². The molecule has 0 spiro atoms. The summed E-state index contributed by atoms with van der Waals surface area (Å²) < 4.78 is 41.8. The lowest BCUT2D eigenvalue weighted by atomic mass is 9.97. The van der Waals surface area contributed by atoms with E-state index in [9.17, 15) is 18.0 Å². The number of hydrogen-bond donors (Lipinski definition) is 0. The predicted octanol–water partition coefficient (Wildman–Crippen LogP) is 2.82. The second-order valence-electron chi connectivity index (χ2n) is 7.23. The molecule has 0 amide bonds. The molecule has 0 aromatic heterocycles. The van der Waals surface area contributed by atoms with E-state index in [4.69, 9.17) is 13.7 Å². The molecule has 176 valence electrons. The Morgan fingerprint density at radius 1 is 0.903 bits per heavy atom. The first-order chi connectivity index (χ1) is 14.8. The standard InChI is InChI=1S/C22H34O8S/c1-27-21(23)14-10-15-29-20(22(24)28-2)17-19-13-8-7-12-18(19)11-6-4-5-9-16-30-31(3,25)26/h7-8,12-13,20H,4-6,9-11,14-17H2,1-3H3. The van der Waals surface area contributed by atoms with E-state index in [0.29, 0.717) is 19.3 Å². The highest BCUT2D eigenvalue weighted by atomic mass is 32.2. The Balaban J connectivity index is 2.52. The van der Waals surface area contributed by atoms with Crippen LogP contribution < -0.4 is 0 Å². The Hall–Kier alpha value is -1.97. The number of esters is 2. The topological polar surface area (TPSA) is 105 Å². The van der Waals surface area contributed by atoms with Crippen molar-refractivity contribution in [3.63, 3.8) is 0 Å². The Morgan fingerprint density at radius 3 is 2.23 bits per heavy atom. The lowest BCUT2D eigenvalue weighted by molar-refractivity contribution is -0.154. The number of methoxy groups -OCH3 is 2. The van der Waals surface area contributed by atoms with Crippen molar-refractivity contribution in [2.75, 3.05) is 33.7 Å². The molecule has 0 saturated carbocycles. The van der Waals surface area contributed by atoms with E-state index < -0.39 is 22.2 Å². The molecule has 0 aliphatic carbocycles. The molecule has 0 fully saturated rings. The maximum Gasteiger partial charge on any atom is 0.335 e. The van der Waals surface area contributed by atoms with Gasteiger partial charge in [-0.2, -0.15) is 8.42 Å². The maximum absolute atomic E-state index is 12.1. The molecule has 1 aromatic rings. The quantitative estimate of drug-likeness (QED) is 0.212. The summed E-state index contributed by atoms with van der Waals surface area (Å²) in [4.78, 5) is 23.4. The van der Waals surface area contributed by atoms with Crippen LogP contribution in [0.3, 0.4) is 0 Å². The van der Waals surface area contributed by atoms with Crippen LogP contribution in [0.5, 0.6) is 0 Å². The van der Waals surface area contributed by atoms with E-state index in [1.807, 2.05) is 24.3 Å². The molecular formula is C22H34O8S. The lowest BCUT2D eigenvalue weighted by Gasteiger charge is -2.18. The number of aryl methyl sites for hydroxylation is 1. The van der Waals surface area contributed by atoms with Gasteiger partial charge in [0.25, 0.3) is 10.1 Å². The van der Waals surface area contributed by atoms with Crippen LogP contribution in [-0.4, -0.2) is 60.1 Å². The Bertz CT molecular complexity index is 775. The fraction of sp³-hybridized carbons (Fsp3) is 0.636. The van der Waals surface area contributed by atoms with Crippen molar-refractivity contribution in [2.45, 2.75) is 57.5 Å². The molecule has 0 heterocycles. The van der Waals surface area contributed by atoms with Gasteiger partial charge in [0.05, 0.1) is 27.1 Å². The zero-order chi connectivity index (χ0) is 23.1. The smallest absolute Gasteiger partial charge is 0.335 e. The van der Waals surface area contributed by atoms with Gasteiger partial charge in [0.1, 0.15) is 0 Å². The molecule has 1 unspecified atom stereocenters. The van der Waals surface area contributed by atoms with Crippen molar-refractivity contribution >= 4 is 22.1 Å². The van der Waals surface area contributed by atoms with Crippen molar-refractivity contribution in [3.05, 3.63) is 35.4 Å². The van der Waals surface area contributed by atoms with Gasteiger partial charge in [0.2, 0.25) is 0 Å². The number of carbonyl (C=O) groups excluding carboxylic acids is 2. The molecule has 8 nitrogen and oxygen atoms in total. The van der Waals surface area contributed by atoms with Crippen LogP contribution in [0.15, 0.2) is 24.3 Å². The molecule has 0 N–H and O–H groups in total. The second kappa shape index (κ2) is 14.9. The van der Waals surface area contributed by atoms with Crippen molar-refractivity contribution in [2.24, 2.45) is 0 Å². The molecule has 0 aliphatic rings. The summed E-state index contributed by atoms with van der Waals surface area (Å²) in [5, 5.41) is 0. The molecule has 1 rings (SSSR count). The van der Waals surface area contributed by atoms with Gasteiger partial charge in [0.15, 0.2) is 6.10 Å². The lowest BCUT2D eigenvalue weighted by Crippen LogP contribution is -2.29. The summed E-state index contributed by atoms with van der Waals surface area (Å²) >= 11 is 0. The number of rotatable bonds is 16. The van der Waals surface area contributed by atoms with Gasteiger partial charge in [-0.25, -0.2) is 4.79 Å². The summed E-state index contributed by atoms with van der Waals surface area (Å²) in [6, 6.07) is 7.90. The van der Waals surface area contributed by atoms with Crippen LogP contribution in [0.2, 0.25) is 0 Å². The minimum absolute atomic E-state index is 0.212. The molecule has 1 aromatic carbocycles. The minimum atomic E-state index is -3.37. The molecule has 0 radical (unpaired) electrons. The Kier molecular flexibility index (Phi) is 13.0. The monoisotopic (exact) mass is 458 g/mol. The van der Waals surface area contributed by atoms with Crippen molar-refractivity contribution in [1.29, 1.82) is 0 Å². The Labute approximate surface area is 185 Å². The van der Waals surface area contributed by atoms with Gasteiger partial charge < -0.3 is 14.2 Å². The summed E-state index contributed by atoms with van der Waals surface area (Å²) in [6.45, 7) is 0.468. The van der Waals surface area contributed by atoms with Gasteiger partial charge in [0, 0.05) is 19.4 Å². The van der Waals surface area contributed by atoms with E-state index in [1.54, 1.807) is 0 Å². The van der Waals surface area contributed by atoms with E-state index in [0.717, 1.165) is 43.1 Å². The number of unbranched alkanes of at least 4 members (excludes halogenated alkanes) is 3. The SMILES string of the molecule is COC(=O)CCCOC(Cc1ccccc1CCCCCCOS(C)(=O)=O)C(=O)OC. The van der Waals surface area contributed by atoms with E-state index in [2.05, 4.69) is 4.74 Å². The van der Waals surface area contributed by atoms with Crippen molar-refractivity contribution in [1.82, 2.24) is 0 Å². The molecule has 0 saturated heterocycles. The van der Waals surface area contributed by atoms with Crippen LogP contribution in [0.4, 0.5) is 0 Å².